The molecule has 2 amide bonds. The number of amides is 2. The number of nitrogen functional groups attached to an aromatic ring is 1. The molecule has 1 saturated heterocycles. The molecule has 2 aliphatic heterocycles. The Kier molecular flexibility index (Phi) is 4.64. The van der Waals surface area contributed by atoms with E-state index in [2.05, 4.69) is 4.98 Å². The number of fused-ring (bicyclic) bond motifs is 3. The van der Waals surface area contributed by atoms with Crippen LogP contribution in [0.4, 0.5) is 14.6 Å². The van der Waals surface area contributed by atoms with Crippen LogP contribution in [0.1, 0.15) is 33.7 Å². The van der Waals surface area contributed by atoms with E-state index in [0.29, 0.717) is 41.2 Å². The highest BCUT2D eigenvalue weighted by Crippen LogP contribution is 2.48. The largest absolute Gasteiger partial charge is 0.457 e. The van der Waals surface area contributed by atoms with E-state index < -0.39 is 17.3 Å². The molecular weight excluding hydrogens is 454 g/mol. The summed E-state index contributed by atoms with van der Waals surface area (Å²) in [7, 11) is 0. The third-order valence-electron chi connectivity index (χ3n) is 6.79. The van der Waals surface area contributed by atoms with E-state index in [-0.39, 0.29) is 30.4 Å². The lowest BCUT2D eigenvalue weighted by atomic mass is 9.87. The first-order chi connectivity index (χ1) is 16.8. The van der Waals surface area contributed by atoms with Gasteiger partial charge in [0.15, 0.2) is 11.1 Å². The predicted molar refractivity (Wildman–Crippen MR) is 123 cm³/mol. The van der Waals surface area contributed by atoms with Crippen LogP contribution < -0.4 is 5.73 Å². The standard InChI is InChI=1S/C26H20F2N4O3/c27-16-3-1-15(2-4-16)13-31-10-9-26(25(31)34)20-6-5-17(28)11-19(20)24(33)32(26)14-18-12-21-22(35-18)7-8-23(29)30-21/h1-8,11-12H,9-10,13-14H2,(H2,29,30)/t26-/m0/s1. The zero-order valence-electron chi connectivity index (χ0n) is 18.5. The van der Waals surface area contributed by atoms with Gasteiger partial charge in [0.2, 0.25) is 0 Å². The highest BCUT2D eigenvalue weighted by atomic mass is 19.1. The molecule has 0 radical (unpaired) electrons. The Hall–Kier alpha value is -4.27. The van der Waals surface area contributed by atoms with Crippen LogP contribution in [0.15, 0.2) is 65.1 Å². The molecule has 4 heterocycles. The van der Waals surface area contributed by atoms with Crippen LogP contribution in [-0.4, -0.2) is 33.1 Å². The van der Waals surface area contributed by atoms with Gasteiger partial charge in [0.05, 0.1) is 6.54 Å². The van der Waals surface area contributed by atoms with Crippen molar-refractivity contribution in [3.63, 3.8) is 0 Å². The van der Waals surface area contributed by atoms with E-state index in [1.165, 1.54) is 35.2 Å². The second-order valence-electron chi connectivity index (χ2n) is 8.88. The van der Waals surface area contributed by atoms with E-state index in [4.69, 9.17) is 10.2 Å². The average Bonchev–Trinajstić information content (AvgIpc) is 3.45. The molecule has 0 bridgehead atoms. The zero-order valence-corrected chi connectivity index (χ0v) is 18.5. The summed E-state index contributed by atoms with van der Waals surface area (Å²) in [4.78, 5) is 34.8. The second-order valence-corrected chi connectivity index (χ2v) is 8.88. The SMILES string of the molecule is Nc1ccc2oc(CN3C(=O)c4cc(F)ccc4[C@]34CCN(Cc3ccc(F)cc3)C4=O)cc2n1. The number of aromatic nitrogens is 1. The van der Waals surface area contributed by atoms with Crippen molar-refractivity contribution in [3.8, 4) is 0 Å². The molecule has 2 aromatic carbocycles. The highest BCUT2D eigenvalue weighted by molar-refractivity contribution is 6.07. The quantitative estimate of drug-likeness (QED) is 0.483. The minimum atomic E-state index is -1.29. The first-order valence-corrected chi connectivity index (χ1v) is 11.2. The van der Waals surface area contributed by atoms with Gasteiger partial charge in [-0.1, -0.05) is 18.2 Å². The van der Waals surface area contributed by atoms with Gasteiger partial charge in [-0.3, -0.25) is 9.59 Å². The number of hydrogen-bond acceptors (Lipinski definition) is 5. The molecule has 1 fully saturated rings. The number of carbonyl (C=O) groups is 2. The number of benzene rings is 2. The molecule has 4 aromatic rings. The van der Waals surface area contributed by atoms with Gasteiger partial charge in [-0.25, -0.2) is 13.8 Å². The fourth-order valence-corrected chi connectivity index (χ4v) is 5.18. The molecule has 2 aromatic heterocycles. The van der Waals surface area contributed by atoms with Crippen molar-refractivity contribution >= 4 is 28.7 Å². The van der Waals surface area contributed by atoms with Gasteiger partial charge in [0, 0.05) is 36.7 Å². The average molecular weight is 474 g/mol. The van der Waals surface area contributed by atoms with Gasteiger partial charge in [-0.05, 0) is 42.0 Å². The molecular formula is C26H20F2N4O3. The lowest BCUT2D eigenvalue weighted by Gasteiger charge is -2.33. The number of rotatable bonds is 4. The lowest BCUT2D eigenvalue weighted by Crippen LogP contribution is -2.49. The van der Waals surface area contributed by atoms with Crippen LogP contribution >= 0.6 is 0 Å². The Labute approximate surface area is 198 Å². The smallest absolute Gasteiger partial charge is 0.255 e. The maximum absolute atomic E-state index is 14.1. The van der Waals surface area contributed by atoms with Crippen molar-refractivity contribution in [1.82, 2.24) is 14.8 Å². The van der Waals surface area contributed by atoms with Gasteiger partial charge in [-0.2, -0.15) is 0 Å². The molecule has 176 valence electrons. The van der Waals surface area contributed by atoms with Gasteiger partial charge in [-0.15, -0.1) is 0 Å². The summed E-state index contributed by atoms with van der Waals surface area (Å²) in [5.74, 6) is -0.842. The Bertz CT molecular complexity index is 1500. The molecule has 7 nitrogen and oxygen atoms in total. The minimum Gasteiger partial charge on any atom is -0.457 e. The van der Waals surface area contributed by atoms with Crippen molar-refractivity contribution in [3.05, 3.63) is 94.7 Å². The van der Waals surface area contributed by atoms with Gasteiger partial charge in [0.25, 0.3) is 11.8 Å². The second kappa shape index (κ2) is 7.63. The normalized spacial score (nSPS) is 19.4. The van der Waals surface area contributed by atoms with Crippen LogP contribution in [0.5, 0.6) is 0 Å². The van der Waals surface area contributed by atoms with Crippen LogP contribution in [0.2, 0.25) is 0 Å². The zero-order chi connectivity index (χ0) is 24.3. The molecule has 2 aliphatic rings. The van der Waals surface area contributed by atoms with Crippen molar-refractivity contribution in [1.29, 1.82) is 0 Å². The summed E-state index contributed by atoms with van der Waals surface area (Å²) in [5, 5.41) is 0. The van der Waals surface area contributed by atoms with Gasteiger partial charge < -0.3 is 20.0 Å². The number of pyridine rings is 1. The minimum absolute atomic E-state index is 0.00151. The van der Waals surface area contributed by atoms with Gasteiger partial charge in [0.1, 0.15) is 28.7 Å². The number of furan rings is 1. The van der Waals surface area contributed by atoms with Crippen molar-refractivity contribution < 1.29 is 22.8 Å². The van der Waals surface area contributed by atoms with Gasteiger partial charge >= 0.3 is 0 Å². The summed E-state index contributed by atoms with van der Waals surface area (Å²) in [6.07, 6.45) is 0.336. The molecule has 0 aliphatic carbocycles. The number of anilines is 1. The van der Waals surface area contributed by atoms with Crippen LogP contribution in [-0.2, 0) is 23.4 Å². The number of carbonyl (C=O) groups excluding carboxylic acids is 2. The molecule has 6 rings (SSSR count). The Morgan fingerprint density at radius 2 is 1.74 bits per heavy atom. The first kappa shape index (κ1) is 21.3. The predicted octanol–water partition coefficient (Wildman–Crippen LogP) is 3.97. The summed E-state index contributed by atoms with van der Waals surface area (Å²) in [5.41, 5.74) is 6.95. The first-order valence-electron chi connectivity index (χ1n) is 11.2. The molecule has 1 atom stereocenters. The van der Waals surface area contributed by atoms with E-state index >= 15 is 0 Å². The number of nitrogens with two attached hydrogens (primary N) is 1. The fourth-order valence-electron chi connectivity index (χ4n) is 5.18. The molecule has 0 unspecified atom stereocenters. The molecule has 9 heteroatoms. The third kappa shape index (κ3) is 3.26. The van der Waals surface area contributed by atoms with E-state index in [0.717, 1.165) is 5.56 Å². The Morgan fingerprint density at radius 1 is 0.971 bits per heavy atom. The third-order valence-corrected chi connectivity index (χ3v) is 6.79. The van der Waals surface area contributed by atoms with E-state index in [9.17, 15) is 18.4 Å². The topological polar surface area (TPSA) is 92.7 Å². The van der Waals surface area contributed by atoms with Crippen LogP contribution in [0, 0.1) is 11.6 Å². The highest BCUT2D eigenvalue weighted by Gasteiger charge is 2.59. The summed E-state index contributed by atoms with van der Waals surface area (Å²) >= 11 is 0. The van der Waals surface area contributed by atoms with E-state index in [1.807, 2.05) is 0 Å². The molecule has 1 spiro atoms. The summed E-state index contributed by atoms with van der Waals surface area (Å²) in [6, 6.07) is 14.9. The van der Waals surface area contributed by atoms with E-state index in [1.54, 1.807) is 35.2 Å². The summed E-state index contributed by atoms with van der Waals surface area (Å²) < 4.78 is 33.3. The monoisotopic (exact) mass is 474 g/mol. The lowest BCUT2D eigenvalue weighted by molar-refractivity contribution is -0.137. The Morgan fingerprint density at radius 3 is 2.54 bits per heavy atom. The number of hydrogen-bond donors (Lipinski definition) is 1. The fraction of sp³-hybridized carbons (Fsp3) is 0.192. The number of likely N-dealkylation sites (tertiary alicyclic amines) is 1. The Balaban J connectivity index is 1.39. The maximum atomic E-state index is 14.1. The number of halogens is 2. The molecule has 2 N–H and O–H groups in total. The van der Waals surface area contributed by atoms with Crippen molar-refractivity contribution in [2.24, 2.45) is 0 Å². The summed E-state index contributed by atoms with van der Waals surface area (Å²) in [6.45, 7) is 0.657. The van der Waals surface area contributed by atoms with Crippen molar-refractivity contribution in [2.45, 2.75) is 25.0 Å². The molecule has 0 saturated carbocycles. The maximum Gasteiger partial charge on any atom is 0.255 e. The number of nitrogens with zero attached hydrogens (tertiary/aromatic N) is 3. The van der Waals surface area contributed by atoms with Crippen LogP contribution in [0.25, 0.3) is 11.1 Å². The van der Waals surface area contributed by atoms with Crippen molar-refractivity contribution in [2.75, 3.05) is 12.3 Å². The van der Waals surface area contributed by atoms with Crippen LogP contribution in [0.3, 0.4) is 0 Å². The molecule has 35 heavy (non-hydrogen) atoms.